The molecule has 2 aliphatic rings. The van der Waals surface area contributed by atoms with Crippen LogP contribution in [0.1, 0.15) is 18.9 Å². The third-order valence-corrected chi connectivity index (χ3v) is 11.9. The molecule has 0 bridgehead atoms. The van der Waals surface area contributed by atoms with E-state index in [2.05, 4.69) is 32.2 Å². The lowest BCUT2D eigenvalue weighted by molar-refractivity contribution is -0.146. The molecule has 1 amide bonds. The maximum atomic E-state index is 13.7. The number of ether oxygens (including phenoxy) is 3. The van der Waals surface area contributed by atoms with Gasteiger partial charge in [0.15, 0.2) is 5.60 Å². The quantitative estimate of drug-likeness (QED) is 0.677. The smallest absolute Gasteiger partial charge is 0.264 e. The van der Waals surface area contributed by atoms with Crippen LogP contribution in [0.15, 0.2) is 42.5 Å². The van der Waals surface area contributed by atoms with Gasteiger partial charge in [-0.2, -0.15) is 0 Å². The Kier molecular flexibility index (Phi) is 5.86. The fourth-order valence-corrected chi connectivity index (χ4v) is 9.98. The second-order valence-corrected chi connectivity index (χ2v) is 14.1. The Morgan fingerprint density at radius 2 is 1.72 bits per heavy atom. The van der Waals surface area contributed by atoms with Gasteiger partial charge in [0.2, 0.25) is 0 Å². The lowest BCUT2D eigenvalue weighted by atomic mass is 9.82. The summed E-state index contributed by atoms with van der Waals surface area (Å²) in [5, 5.41) is 11.1. The van der Waals surface area contributed by atoms with Crippen LogP contribution < -0.4 is 19.6 Å². The molecule has 7 heteroatoms. The van der Waals surface area contributed by atoms with Crippen molar-refractivity contribution in [1.29, 1.82) is 0 Å². The van der Waals surface area contributed by atoms with Crippen molar-refractivity contribution < 1.29 is 24.1 Å². The van der Waals surface area contributed by atoms with Gasteiger partial charge in [0.25, 0.3) is 5.91 Å². The molecule has 1 spiro atoms. The average molecular weight is 456 g/mol. The van der Waals surface area contributed by atoms with Crippen LogP contribution in [0.3, 0.4) is 0 Å². The van der Waals surface area contributed by atoms with Crippen molar-refractivity contribution in [2.45, 2.75) is 43.7 Å². The lowest BCUT2D eigenvalue weighted by Gasteiger charge is -2.37. The first-order valence-electron chi connectivity index (χ1n) is 11.1. The van der Waals surface area contributed by atoms with E-state index in [4.69, 9.17) is 14.2 Å². The number of nitrogens with zero attached hydrogens (tertiary/aromatic N) is 1. The standard InChI is InChI=1S/C25H33NO5Si/c1-16-23(32(5,6)19-10-7-17(29-3)8-11-19)22(13-14-27)31-25(16)20-15-18(30-4)9-12-21(20)26(2)24(25)28/h7-12,15-16,22-23,27H,13-14H2,1-6H3/t16-,22+,23-,25+/m1/s1. The first-order chi connectivity index (χ1) is 15.2. The van der Waals surface area contributed by atoms with E-state index in [1.807, 2.05) is 30.3 Å². The number of anilines is 1. The molecule has 0 saturated carbocycles. The Bertz CT molecular complexity index is 1010. The zero-order chi connectivity index (χ0) is 23.3. The van der Waals surface area contributed by atoms with Gasteiger partial charge in [0, 0.05) is 25.1 Å². The van der Waals surface area contributed by atoms with E-state index in [0.717, 1.165) is 17.0 Å². The van der Waals surface area contributed by atoms with Gasteiger partial charge < -0.3 is 24.2 Å². The lowest BCUT2D eigenvalue weighted by Crippen LogP contribution is -2.51. The van der Waals surface area contributed by atoms with E-state index in [0.29, 0.717) is 12.2 Å². The van der Waals surface area contributed by atoms with Crippen LogP contribution in [-0.2, 0) is 15.1 Å². The van der Waals surface area contributed by atoms with E-state index in [9.17, 15) is 9.90 Å². The van der Waals surface area contributed by atoms with Crippen molar-refractivity contribution in [2.24, 2.45) is 5.92 Å². The fraction of sp³-hybridized carbons (Fsp3) is 0.480. The number of aliphatic hydroxyl groups is 1. The molecule has 2 aromatic carbocycles. The monoisotopic (exact) mass is 455 g/mol. The number of methoxy groups -OCH3 is 2. The van der Waals surface area contributed by atoms with Crippen LogP contribution in [0.25, 0.3) is 0 Å². The molecule has 32 heavy (non-hydrogen) atoms. The molecule has 2 heterocycles. The minimum absolute atomic E-state index is 0.0199. The molecule has 6 nitrogen and oxygen atoms in total. The summed E-state index contributed by atoms with van der Waals surface area (Å²) in [5.74, 6) is 1.42. The maximum Gasteiger partial charge on any atom is 0.264 e. The summed E-state index contributed by atoms with van der Waals surface area (Å²) in [6, 6.07) is 14.0. The van der Waals surface area contributed by atoms with Crippen molar-refractivity contribution in [1.82, 2.24) is 0 Å². The number of aliphatic hydroxyl groups excluding tert-OH is 1. The molecule has 4 atom stereocenters. The summed E-state index contributed by atoms with van der Waals surface area (Å²) >= 11 is 0. The Balaban J connectivity index is 1.83. The number of amides is 1. The molecule has 0 aliphatic carbocycles. The van der Waals surface area contributed by atoms with Gasteiger partial charge >= 0.3 is 0 Å². The molecule has 0 aromatic heterocycles. The van der Waals surface area contributed by atoms with Crippen LogP contribution in [0.5, 0.6) is 11.5 Å². The Morgan fingerprint density at radius 1 is 1.09 bits per heavy atom. The van der Waals surface area contributed by atoms with E-state index in [-0.39, 0.29) is 30.1 Å². The van der Waals surface area contributed by atoms with Crippen LogP contribution in [0, 0.1) is 5.92 Å². The van der Waals surface area contributed by atoms with Crippen LogP contribution >= 0.6 is 0 Å². The molecule has 1 fully saturated rings. The van der Waals surface area contributed by atoms with Crippen molar-refractivity contribution in [2.75, 3.05) is 32.8 Å². The van der Waals surface area contributed by atoms with Gasteiger partial charge in [-0.05, 0) is 42.3 Å². The molecule has 1 saturated heterocycles. The normalized spacial score (nSPS) is 27.2. The summed E-state index contributed by atoms with van der Waals surface area (Å²) < 4.78 is 17.6. The van der Waals surface area contributed by atoms with E-state index >= 15 is 0 Å². The number of carbonyl (C=O) groups excluding carboxylic acids is 1. The Hall–Kier alpha value is -2.35. The molecule has 0 unspecified atom stereocenters. The molecule has 1 N–H and O–H groups in total. The highest BCUT2D eigenvalue weighted by Crippen LogP contribution is 2.60. The maximum absolute atomic E-state index is 13.7. The van der Waals surface area contributed by atoms with Gasteiger partial charge in [-0.25, -0.2) is 0 Å². The predicted octanol–water partition coefficient (Wildman–Crippen LogP) is 3.28. The topological polar surface area (TPSA) is 68.2 Å². The van der Waals surface area contributed by atoms with Crippen molar-refractivity contribution in [3.8, 4) is 11.5 Å². The molecule has 172 valence electrons. The minimum atomic E-state index is -2.13. The second kappa shape index (κ2) is 8.21. The third kappa shape index (κ3) is 3.17. The Labute approximate surface area is 191 Å². The first kappa shape index (κ1) is 22.8. The molecule has 0 radical (unpaired) electrons. The summed E-state index contributed by atoms with van der Waals surface area (Å²) in [4.78, 5) is 15.4. The zero-order valence-electron chi connectivity index (χ0n) is 19.7. The highest BCUT2D eigenvalue weighted by Gasteiger charge is 2.65. The SMILES string of the molecule is COc1ccc([Si](C)(C)[C@H]2[C@H](CCO)O[C@@]3(C(=O)N(C)c4ccc(OC)cc43)[C@@H]2C)cc1. The summed E-state index contributed by atoms with van der Waals surface area (Å²) in [7, 11) is 2.97. The summed E-state index contributed by atoms with van der Waals surface area (Å²) in [6.07, 6.45) is 0.285. The predicted molar refractivity (Wildman–Crippen MR) is 128 cm³/mol. The third-order valence-electron chi connectivity index (χ3n) is 7.59. The number of hydrogen-bond donors (Lipinski definition) is 1. The number of rotatable bonds is 6. The largest absolute Gasteiger partial charge is 0.497 e. The Morgan fingerprint density at radius 3 is 2.31 bits per heavy atom. The molecular weight excluding hydrogens is 422 g/mol. The number of carbonyl (C=O) groups is 1. The first-order valence-corrected chi connectivity index (χ1v) is 14.2. The summed E-state index contributed by atoms with van der Waals surface area (Å²) in [5.41, 5.74) is 0.786. The number of fused-ring (bicyclic) bond motifs is 2. The fourth-order valence-electron chi connectivity index (χ4n) is 5.92. The van der Waals surface area contributed by atoms with Gasteiger partial charge in [-0.3, -0.25) is 4.79 Å². The van der Waals surface area contributed by atoms with Crippen LogP contribution in [0.4, 0.5) is 5.69 Å². The summed E-state index contributed by atoms with van der Waals surface area (Å²) in [6.45, 7) is 6.82. The second-order valence-electron chi connectivity index (χ2n) is 9.42. The molecular formula is C25H33NO5Si. The van der Waals surface area contributed by atoms with E-state index < -0.39 is 13.7 Å². The minimum Gasteiger partial charge on any atom is -0.497 e. The molecule has 2 aromatic rings. The van der Waals surface area contributed by atoms with E-state index in [1.165, 1.54) is 5.19 Å². The number of benzene rings is 2. The van der Waals surface area contributed by atoms with Crippen LogP contribution in [-0.4, -0.2) is 53.1 Å². The van der Waals surface area contributed by atoms with Crippen molar-refractivity contribution >= 4 is 24.9 Å². The van der Waals surface area contributed by atoms with Gasteiger partial charge in [0.1, 0.15) is 11.5 Å². The average Bonchev–Trinajstić information content (AvgIpc) is 3.21. The van der Waals surface area contributed by atoms with Gasteiger partial charge in [0.05, 0.1) is 34.1 Å². The molecule has 4 rings (SSSR count). The zero-order valence-corrected chi connectivity index (χ0v) is 20.7. The number of likely N-dealkylation sites (N-methyl/N-ethyl adjacent to an activating group) is 1. The van der Waals surface area contributed by atoms with Gasteiger partial charge in [-0.15, -0.1) is 0 Å². The highest BCUT2D eigenvalue weighted by molar-refractivity contribution is 6.91. The van der Waals surface area contributed by atoms with Crippen LogP contribution in [0.2, 0.25) is 18.6 Å². The van der Waals surface area contributed by atoms with Gasteiger partial charge in [-0.1, -0.05) is 37.3 Å². The van der Waals surface area contributed by atoms with E-state index in [1.54, 1.807) is 26.2 Å². The molecule has 2 aliphatic heterocycles. The highest BCUT2D eigenvalue weighted by atomic mass is 28.3. The van der Waals surface area contributed by atoms with Crippen molar-refractivity contribution in [3.05, 3.63) is 48.0 Å². The van der Waals surface area contributed by atoms with Crippen molar-refractivity contribution in [3.63, 3.8) is 0 Å². The number of hydrogen-bond acceptors (Lipinski definition) is 5.